The Morgan fingerprint density at radius 2 is 2.32 bits per heavy atom. The third-order valence-electron chi connectivity index (χ3n) is 4.68. The van der Waals surface area contributed by atoms with E-state index in [1.54, 1.807) is 18.4 Å². The number of nitrogens with zero attached hydrogens (tertiary/aromatic N) is 4. The second-order valence-corrected chi connectivity index (χ2v) is 7.15. The van der Waals surface area contributed by atoms with Crippen LogP contribution in [-0.4, -0.2) is 40.2 Å². The SMILES string of the molecule is COC[C@@H]1c2nnn(CC3CC3)c2CCN1Cc1ccsc1. The van der Waals surface area contributed by atoms with E-state index >= 15 is 0 Å². The molecule has 1 fully saturated rings. The molecule has 5 nitrogen and oxygen atoms in total. The smallest absolute Gasteiger partial charge is 0.105 e. The lowest BCUT2D eigenvalue weighted by Gasteiger charge is -2.34. The zero-order valence-electron chi connectivity index (χ0n) is 12.9. The van der Waals surface area contributed by atoms with E-state index in [1.165, 1.54) is 24.1 Å². The summed E-state index contributed by atoms with van der Waals surface area (Å²) in [7, 11) is 1.77. The zero-order valence-corrected chi connectivity index (χ0v) is 13.8. The fourth-order valence-electron chi connectivity index (χ4n) is 3.28. The van der Waals surface area contributed by atoms with E-state index in [1.807, 2.05) is 0 Å². The van der Waals surface area contributed by atoms with Crippen molar-refractivity contribution >= 4 is 11.3 Å². The Hall–Kier alpha value is -1.24. The maximum Gasteiger partial charge on any atom is 0.105 e. The molecule has 1 aliphatic carbocycles. The molecule has 22 heavy (non-hydrogen) atoms. The average Bonchev–Trinajstić information content (AvgIpc) is 3.02. The lowest BCUT2D eigenvalue weighted by atomic mass is 10.0. The summed E-state index contributed by atoms with van der Waals surface area (Å²) in [6.07, 6.45) is 3.74. The van der Waals surface area contributed by atoms with Crippen LogP contribution in [0.1, 0.15) is 35.8 Å². The van der Waals surface area contributed by atoms with Crippen LogP contribution >= 0.6 is 11.3 Å². The van der Waals surface area contributed by atoms with Crippen molar-refractivity contribution in [1.29, 1.82) is 0 Å². The number of thiophene rings is 1. The molecular weight excluding hydrogens is 296 g/mol. The van der Waals surface area contributed by atoms with Crippen LogP contribution in [0.5, 0.6) is 0 Å². The summed E-state index contributed by atoms with van der Waals surface area (Å²) >= 11 is 1.76. The van der Waals surface area contributed by atoms with E-state index in [-0.39, 0.29) is 6.04 Å². The molecule has 0 N–H and O–H groups in total. The minimum atomic E-state index is 0.224. The molecule has 0 aromatic carbocycles. The number of rotatable bonds is 6. The van der Waals surface area contributed by atoms with Crippen molar-refractivity contribution in [3.8, 4) is 0 Å². The van der Waals surface area contributed by atoms with Gasteiger partial charge in [0.2, 0.25) is 0 Å². The first-order valence-corrected chi connectivity index (χ1v) is 8.95. The van der Waals surface area contributed by atoms with E-state index in [2.05, 4.69) is 36.7 Å². The number of hydrogen-bond donors (Lipinski definition) is 0. The molecule has 4 rings (SSSR count). The van der Waals surface area contributed by atoms with Crippen molar-refractivity contribution in [3.05, 3.63) is 33.8 Å². The molecular formula is C16H22N4OS. The topological polar surface area (TPSA) is 43.2 Å². The van der Waals surface area contributed by atoms with Gasteiger partial charge in [0, 0.05) is 33.2 Å². The van der Waals surface area contributed by atoms with Crippen LogP contribution in [-0.2, 0) is 24.2 Å². The van der Waals surface area contributed by atoms with Crippen molar-refractivity contribution in [3.63, 3.8) is 0 Å². The van der Waals surface area contributed by atoms with Gasteiger partial charge in [0.1, 0.15) is 5.69 Å². The van der Waals surface area contributed by atoms with Gasteiger partial charge >= 0.3 is 0 Å². The summed E-state index contributed by atoms with van der Waals surface area (Å²) in [6, 6.07) is 2.43. The first-order valence-electron chi connectivity index (χ1n) is 8.01. The molecule has 0 bridgehead atoms. The van der Waals surface area contributed by atoms with Crippen LogP contribution in [0.25, 0.3) is 0 Å². The molecule has 0 amide bonds. The van der Waals surface area contributed by atoms with Gasteiger partial charge in [0.25, 0.3) is 0 Å². The summed E-state index contributed by atoms with van der Waals surface area (Å²) in [5, 5.41) is 13.3. The lowest BCUT2D eigenvalue weighted by molar-refractivity contribution is 0.0750. The minimum absolute atomic E-state index is 0.224. The first kappa shape index (κ1) is 14.4. The highest BCUT2D eigenvalue weighted by molar-refractivity contribution is 7.07. The third kappa shape index (κ3) is 2.83. The first-order chi connectivity index (χ1) is 10.8. The summed E-state index contributed by atoms with van der Waals surface area (Å²) in [6.45, 7) is 3.74. The van der Waals surface area contributed by atoms with Gasteiger partial charge in [0.05, 0.1) is 18.3 Å². The van der Waals surface area contributed by atoms with Gasteiger partial charge < -0.3 is 4.74 Å². The van der Waals surface area contributed by atoms with Crippen LogP contribution in [0.4, 0.5) is 0 Å². The highest BCUT2D eigenvalue weighted by Crippen LogP contribution is 2.34. The molecule has 0 unspecified atom stereocenters. The monoisotopic (exact) mass is 318 g/mol. The van der Waals surface area contributed by atoms with E-state index in [9.17, 15) is 0 Å². The Morgan fingerprint density at radius 3 is 3.05 bits per heavy atom. The van der Waals surface area contributed by atoms with Gasteiger partial charge in [-0.2, -0.15) is 11.3 Å². The Kier molecular flexibility index (Phi) is 3.98. The second kappa shape index (κ2) is 6.10. The summed E-state index contributed by atoms with van der Waals surface area (Å²) < 4.78 is 7.62. The quantitative estimate of drug-likeness (QED) is 0.821. The highest BCUT2D eigenvalue weighted by Gasteiger charge is 2.33. The van der Waals surface area contributed by atoms with Crippen molar-refractivity contribution in [2.24, 2.45) is 5.92 Å². The van der Waals surface area contributed by atoms with Crippen LogP contribution < -0.4 is 0 Å². The third-order valence-corrected chi connectivity index (χ3v) is 5.41. The molecule has 118 valence electrons. The zero-order chi connectivity index (χ0) is 14.9. The van der Waals surface area contributed by atoms with Gasteiger partial charge in [-0.05, 0) is 41.1 Å². The Bertz CT molecular complexity index is 620. The summed E-state index contributed by atoms with van der Waals surface area (Å²) in [4.78, 5) is 2.48. The Balaban J connectivity index is 1.57. The maximum atomic E-state index is 5.47. The van der Waals surface area contributed by atoms with Crippen LogP contribution in [0.2, 0.25) is 0 Å². The normalized spacial score (nSPS) is 22.0. The molecule has 2 aliphatic rings. The molecule has 1 atom stereocenters. The summed E-state index contributed by atoms with van der Waals surface area (Å²) in [5.41, 5.74) is 3.83. The van der Waals surface area contributed by atoms with Crippen LogP contribution in [0.15, 0.2) is 16.8 Å². The van der Waals surface area contributed by atoms with Gasteiger partial charge in [-0.25, -0.2) is 4.68 Å². The molecule has 2 aromatic rings. The minimum Gasteiger partial charge on any atom is -0.383 e. The van der Waals surface area contributed by atoms with Gasteiger partial charge in [-0.15, -0.1) is 5.10 Å². The van der Waals surface area contributed by atoms with Gasteiger partial charge in [0.15, 0.2) is 0 Å². The fourth-order valence-corrected chi connectivity index (χ4v) is 3.94. The number of methoxy groups -OCH3 is 1. The predicted molar refractivity (Wildman–Crippen MR) is 85.8 cm³/mol. The molecule has 1 saturated carbocycles. The molecule has 6 heteroatoms. The van der Waals surface area contributed by atoms with E-state index in [4.69, 9.17) is 4.74 Å². The average molecular weight is 318 g/mol. The second-order valence-electron chi connectivity index (χ2n) is 6.37. The molecule has 2 aromatic heterocycles. The van der Waals surface area contributed by atoms with Crippen LogP contribution in [0.3, 0.4) is 0 Å². The van der Waals surface area contributed by atoms with Crippen LogP contribution in [0, 0.1) is 5.92 Å². The van der Waals surface area contributed by atoms with E-state index < -0.39 is 0 Å². The molecule has 0 spiro atoms. The number of fused-ring (bicyclic) bond motifs is 1. The van der Waals surface area contributed by atoms with E-state index in [0.29, 0.717) is 6.61 Å². The van der Waals surface area contributed by atoms with Gasteiger partial charge in [-0.3, -0.25) is 4.90 Å². The highest BCUT2D eigenvalue weighted by atomic mass is 32.1. The molecule has 1 aliphatic heterocycles. The van der Waals surface area contributed by atoms with E-state index in [0.717, 1.165) is 37.7 Å². The molecule has 3 heterocycles. The number of hydrogen-bond acceptors (Lipinski definition) is 5. The molecule has 0 saturated heterocycles. The standard InChI is InChI=1S/C16H22N4OS/c1-21-10-15-16-14(20(18-17-16)9-12-2-3-12)4-6-19(15)8-13-5-7-22-11-13/h5,7,11-12,15H,2-4,6,8-10H2,1H3/t15-/m1/s1. The number of aromatic nitrogens is 3. The summed E-state index contributed by atoms with van der Waals surface area (Å²) in [5.74, 6) is 0.829. The molecule has 0 radical (unpaired) electrons. The lowest BCUT2D eigenvalue weighted by Crippen LogP contribution is -2.38. The van der Waals surface area contributed by atoms with Gasteiger partial charge in [-0.1, -0.05) is 5.21 Å². The fraction of sp³-hybridized carbons (Fsp3) is 0.625. The Labute approximate surface area is 134 Å². The van der Waals surface area contributed by atoms with Crippen molar-refractivity contribution in [2.75, 3.05) is 20.3 Å². The van der Waals surface area contributed by atoms with Crippen molar-refractivity contribution in [2.45, 2.75) is 38.4 Å². The predicted octanol–water partition coefficient (Wildman–Crippen LogP) is 2.50. The van der Waals surface area contributed by atoms with Crippen molar-refractivity contribution < 1.29 is 4.74 Å². The maximum absolute atomic E-state index is 5.47. The Morgan fingerprint density at radius 1 is 1.41 bits per heavy atom. The van der Waals surface area contributed by atoms with Crippen molar-refractivity contribution in [1.82, 2.24) is 19.9 Å². The largest absolute Gasteiger partial charge is 0.383 e. The number of ether oxygens (including phenoxy) is 1.